The summed E-state index contributed by atoms with van der Waals surface area (Å²) in [6, 6.07) is 3.38. The van der Waals surface area contributed by atoms with Gasteiger partial charge >= 0.3 is 0 Å². The van der Waals surface area contributed by atoms with Gasteiger partial charge < -0.3 is 5.32 Å². The SMILES string of the molecule is CCNC(c1nc(C)c(C)s1)c1c(F)cccc1F. The molecule has 1 aromatic carbocycles. The number of nitrogens with zero attached hydrogens (tertiary/aromatic N) is 1. The smallest absolute Gasteiger partial charge is 0.131 e. The van der Waals surface area contributed by atoms with Crippen LogP contribution in [0.2, 0.25) is 0 Å². The van der Waals surface area contributed by atoms with Gasteiger partial charge in [0.05, 0.1) is 11.7 Å². The number of rotatable bonds is 4. The third kappa shape index (κ3) is 2.82. The second-order valence-electron chi connectivity index (χ2n) is 4.32. The van der Waals surface area contributed by atoms with Gasteiger partial charge in [-0.15, -0.1) is 11.3 Å². The molecule has 2 nitrogen and oxygen atoms in total. The van der Waals surface area contributed by atoms with Crippen LogP contribution in [0.15, 0.2) is 18.2 Å². The topological polar surface area (TPSA) is 24.9 Å². The van der Waals surface area contributed by atoms with Gasteiger partial charge in [-0.1, -0.05) is 13.0 Å². The summed E-state index contributed by atoms with van der Waals surface area (Å²) in [6.45, 7) is 6.36. The molecule has 1 aromatic heterocycles. The van der Waals surface area contributed by atoms with Gasteiger partial charge in [0.2, 0.25) is 0 Å². The molecule has 0 aliphatic heterocycles. The summed E-state index contributed by atoms with van der Waals surface area (Å²) >= 11 is 1.47. The standard InChI is InChI=1S/C14H16F2N2S/c1-4-17-13(14-18-8(2)9(3)19-14)12-10(15)6-5-7-11(12)16/h5-7,13,17H,4H2,1-3H3. The summed E-state index contributed by atoms with van der Waals surface area (Å²) in [7, 11) is 0. The zero-order valence-electron chi connectivity index (χ0n) is 11.1. The van der Waals surface area contributed by atoms with Crippen LogP contribution in [0, 0.1) is 25.5 Å². The van der Waals surface area contributed by atoms with E-state index >= 15 is 0 Å². The number of benzene rings is 1. The molecule has 2 aromatic rings. The van der Waals surface area contributed by atoms with Crippen molar-refractivity contribution >= 4 is 11.3 Å². The van der Waals surface area contributed by atoms with E-state index in [1.165, 1.54) is 29.5 Å². The van der Waals surface area contributed by atoms with Crippen LogP contribution in [0.4, 0.5) is 8.78 Å². The number of aryl methyl sites for hydroxylation is 2. The fourth-order valence-corrected chi connectivity index (χ4v) is 2.93. The van der Waals surface area contributed by atoms with E-state index in [0.29, 0.717) is 11.6 Å². The van der Waals surface area contributed by atoms with Gasteiger partial charge in [-0.05, 0) is 32.5 Å². The van der Waals surface area contributed by atoms with Crippen LogP contribution in [0.3, 0.4) is 0 Å². The molecule has 1 N–H and O–H groups in total. The lowest BCUT2D eigenvalue weighted by molar-refractivity contribution is 0.509. The molecule has 0 fully saturated rings. The molecular weight excluding hydrogens is 266 g/mol. The van der Waals surface area contributed by atoms with Crippen molar-refractivity contribution < 1.29 is 8.78 Å². The monoisotopic (exact) mass is 282 g/mol. The average molecular weight is 282 g/mol. The highest BCUT2D eigenvalue weighted by Gasteiger charge is 2.24. The Kier molecular flexibility index (Phi) is 4.27. The third-order valence-corrected chi connectivity index (χ3v) is 4.13. The lowest BCUT2D eigenvalue weighted by atomic mass is 10.1. The third-order valence-electron chi connectivity index (χ3n) is 2.99. The molecule has 0 saturated carbocycles. The van der Waals surface area contributed by atoms with Gasteiger partial charge in [0.25, 0.3) is 0 Å². The average Bonchev–Trinajstić information content (AvgIpc) is 2.68. The molecule has 1 unspecified atom stereocenters. The first-order valence-corrected chi connectivity index (χ1v) is 6.97. The van der Waals surface area contributed by atoms with Crippen molar-refractivity contribution in [3.05, 3.63) is 51.0 Å². The summed E-state index contributed by atoms with van der Waals surface area (Å²) in [6.07, 6.45) is 0. The number of thiazole rings is 1. The molecule has 102 valence electrons. The number of halogens is 2. The Morgan fingerprint density at radius 1 is 1.26 bits per heavy atom. The quantitative estimate of drug-likeness (QED) is 0.924. The van der Waals surface area contributed by atoms with Crippen LogP contribution in [-0.2, 0) is 0 Å². The molecule has 1 heterocycles. The zero-order chi connectivity index (χ0) is 14.0. The fourth-order valence-electron chi connectivity index (χ4n) is 1.92. The van der Waals surface area contributed by atoms with Crippen LogP contribution in [0.5, 0.6) is 0 Å². The van der Waals surface area contributed by atoms with E-state index in [9.17, 15) is 8.78 Å². The zero-order valence-corrected chi connectivity index (χ0v) is 11.9. The lowest BCUT2D eigenvalue weighted by Gasteiger charge is -2.17. The van der Waals surface area contributed by atoms with E-state index in [-0.39, 0.29) is 5.56 Å². The van der Waals surface area contributed by atoms with Crippen molar-refractivity contribution in [2.45, 2.75) is 26.8 Å². The van der Waals surface area contributed by atoms with Crippen LogP contribution in [0.25, 0.3) is 0 Å². The van der Waals surface area contributed by atoms with Crippen molar-refractivity contribution in [2.75, 3.05) is 6.54 Å². The van der Waals surface area contributed by atoms with Crippen LogP contribution in [0.1, 0.15) is 34.1 Å². The predicted molar refractivity (Wildman–Crippen MR) is 73.5 cm³/mol. The molecular formula is C14H16F2N2S. The minimum atomic E-state index is -0.545. The van der Waals surface area contributed by atoms with Gasteiger partial charge in [0.1, 0.15) is 16.6 Å². The molecule has 1 atom stereocenters. The van der Waals surface area contributed by atoms with Gasteiger partial charge in [0.15, 0.2) is 0 Å². The minimum Gasteiger partial charge on any atom is -0.304 e. The normalized spacial score (nSPS) is 12.7. The maximum absolute atomic E-state index is 13.9. The molecule has 0 aliphatic rings. The first-order valence-electron chi connectivity index (χ1n) is 6.15. The van der Waals surface area contributed by atoms with Crippen molar-refractivity contribution in [1.82, 2.24) is 10.3 Å². The molecule has 0 spiro atoms. The predicted octanol–water partition coefficient (Wildman–Crippen LogP) is 3.74. The Morgan fingerprint density at radius 3 is 2.37 bits per heavy atom. The van der Waals surface area contributed by atoms with Gasteiger partial charge in [-0.3, -0.25) is 0 Å². The summed E-state index contributed by atoms with van der Waals surface area (Å²) in [5.41, 5.74) is 0.942. The molecule has 0 saturated heterocycles. The fraction of sp³-hybridized carbons (Fsp3) is 0.357. The molecule has 0 radical (unpaired) electrons. The maximum atomic E-state index is 13.9. The van der Waals surface area contributed by atoms with Gasteiger partial charge in [0, 0.05) is 10.4 Å². The van der Waals surface area contributed by atoms with E-state index in [4.69, 9.17) is 0 Å². The van der Waals surface area contributed by atoms with E-state index in [1.54, 1.807) is 0 Å². The number of hydrogen-bond donors (Lipinski definition) is 1. The minimum absolute atomic E-state index is 0.0399. The maximum Gasteiger partial charge on any atom is 0.131 e. The van der Waals surface area contributed by atoms with E-state index in [1.807, 2.05) is 20.8 Å². The van der Waals surface area contributed by atoms with Gasteiger partial charge in [-0.2, -0.15) is 0 Å². The van der Waals surface area contributed by atoms with Crippen molar-refractivity contribution in [3.8, 4) is 0 Å². The number of nitrogens with one attached hydrogen (secondary N) is 1. The largest absolute Gasteiger partial charge is 0.304 e. The van der Waals surface area contributed by atoms with Crippen molar-refractivity contribution in [2.24, 2.45) is 0 Å². The first-order chi connectivity index (χ1) is 9.04. The molecule has 19 heavy (non-hydrogen) atoms. The molecule has 5 heteroatoms. The summed E-state index contributed by atoms with van der Waals surface area (Å²) in [5.74, 6) is -1.09. The summed E-state index contributed by atoms with van der Waals surface area (Å²) in [4.78, 5) is 5.47. The Labute approximate surface area is 115 Å². The Morgan fingerprint density at radius 2 is 1.89 bits per heavy atom. The highest BCUT2D eigenvalue weighted by Crippen LogP contribution is 2.30. The van der Waals surface area contributed by atoms with Crippen LogP contribution < -0.4 is 5.32 Å². The Bertz CT molecular complexity index is 541. The molecule has 0 aliphatic carbocycles. The highest BCUT2D eigenvalue weighted by atomic mass is 32.1. The molecule has 0 bridgehead atoms. The van der Waals surface area contributed by atoms with E-state index < -0.39 is 17.7 Å². The molecule has 2 rings (SSSR count). The second kappa shape index (κ2) is 5.75. The van der Waals surface area contributed by atoms with E-state index in [2.05, 4.69) is 10.3 Å². The van der Waals surface area contributed by atoms with Crippen LogP contribution >= 0.6 is 11.3 Å². The molecule has 0 amide bonds. The van der Waals surface area contributed by atoms with E-state index in [0.717, 1.165) is 10.6 Å². The van der Waals surface area contributed by atoms with Crippen molar-refractivity contribution in [1.29, 1.82) is 0 Å². The van der Waals surface area contributed by atoms with Crippen molar-refractivity contribution in [3.63, 3.8) is 0 Å². The number of hydrogen-bond acceptors (Lipinski definition) is 3. The first kappa shape index (κ1) is 14.1. The Hall–Kier alpha value is -1.33. The lowest BCUT2D eigenvalue weighted by Crippen LogP contribution is -2.24. The highest BCUT2D eigenvalue weighted by molar-refractivity contribution is 7.11. The number of aromatic nitrogens is 1. The van der Waals surface area contributed by atoms with Gasteiger partial charge in [-0.25, -0.2) is 13.8 Å². The summed E-state index contributed by atoms with van der Waals surface area (Å²) in [5, 5.41) is 3.80. The van der Waals surface area contributed by atoms with Crippen LogP contribution in [-0.4, -0.2) is 11.5 Å². The second-order valence-corrected chi connectivity index (χ2v) is 5.55. The summed E-state index contributed by atoms with van der Waals surface area (Å²) < 4.78 is 27.8. The Balaban J connectivity index is 2.51.